The number of carboxylic acid groups (broad SMARTS) is 1. The molecule has 1 rings (SSSR count). The molecule has 1 N–H and O–H groups in total. The van der Waals surface area contributed by atoms with Crippen molar-refractivity contribution in [3.05, 3.63) is 0 Å². The summed E-state index contributed by atoms with van der Waals surface area (Å²) in [6.07, 6.45) is 4.67. The van der Waals surface area contributed by atoms with E-state index in [-0.39, 0.29) is 18.6 Å². The second-order valence-electron chi connectivity index (χ2n) is 4.45. The third kappa shape index (κ3) is 3.70. The number of hydrogen-bond acceptors (Lipinski definition) is 4. The number of carboxylic acids is 1. The van der Waals surface area contributed by atoms with E-state index >= 15 is 0 Å². The Morgan fingerprint density at radius 2 is 2.00 bits per heavy atom. The van der Waals surface area contributed by atoms with E-state index in [4.69, 9.17) is 0 Å². The largest absolute Gasteiger partial charge is 0.480 e. The van der Waals surface area contributed by atoms with Crippen molar-refractivity contribution in [2.75, 3.05) is 13.7 Å². The number of ether oxygens (including phenoxy) is 1. The van der Waals surface area contributed by atoms with Crippen LogP contribution in [-0.4, -0.2) is 47.7 Å². The molecule has 17 heavy (non-hydrogen) atoms. The molecule has 1 unspecified atom stereocenters. The molecule has 1 saturated carbocycles. The lowest BCUT2D eigenvalue weighted by molar-refractivity contribution is -0.149. The van der Waals surface area contributed by atoms with Gasteiger partial charge in [-0.2, -0.15) is 0 Å². The average molecular weight is 243 g/mol. The summed E-state index contributed by atoms with van der Waals surface area (Å²) in [5, 5.41) is 9.20. The number of aliphatic carboxylic acids is 1. The second kappa shape index (κ2) is 6.59. The molecule has 0 saturated heterocycles. The maximum atomic E-state index is 11.4. The molecule has 0 spiro atoms. The van der Waals surface area contributed by atoms with Crippen LogP contribution in [0.4, 0.5) is 0 Å². The van der Waals surface area contributed by atoms with Crippen molar-refractivity contribution in [1.82, 2.24) is 4.90 Å². The summed E-state index contributed by atoms with van der Waals surface area (Å²) in [4.78, 5) is 24.4. The summed E-state index contributed by atoms with van der Waals surface area (Å²) >= 11 is 0. The van der Waals surface area contributed by atoms with E-state index in [0.29, 0.717) is 6.42 Å². The molecule has 1 atom stereocenters. The molecule has 0 aromatic rings. The molecule has 5 heteroatoms. The molecule has 5 nitrogen and oxygen atoms in total. The smallest absolute Gasteiger partial charge is 0.320 e. The number of nitrogens with zero attached hydrogens (tertiary/aromatic N) is 1. The standard InChI is InChI=1S/C12H21NO4/c1-3-10(12(15)16)13(8-11(14)17-2)9-6-4-5-7-9/h9-10H,3-8H2,1-2H3,(H,15,16). The molecule has 0 aromatic carbocycles. The Labute approximate surface area is 102 Å². The highest BCUT2D eigenvalue weighted by molar-refractivity contribution is 5.76. The molecule has 0 aromatic heterocycles. The van der Waals surface area contributed by atoms with E-state index in [9.17, 15) is 14.7 Å². The highest BCUT2D eigenvalue weighted by atomic mass is 16.5. The number of methoxy groups -OCH3 is 1. The monoisotopic (exact) mass is 243 g/mol. The molecule has 0 amide bonds. The summed E-state index contributed by atoms with van der Waals surface area (Å²) in [6, 6.07) is -0.382. The van der Waals surface area contributed by atoms with Gasteiger partial charge >= 0.3 is 11.9 Å². The number of esters is 1. The molecule has 0 heterocycles. The van der Waals surface area contributed by atoms with E-state index in [1.165, 1.54) is 7.11 Å². The molecule has 98 valence electrons. The van der Waals surface area contributed by atoms with Crippen LogP contribution in [0.3, 0.4) is 0 Å². The van der Waals surface area contributed by atoms with Crippen molar-refractivity contribution in [3.8, 4) is 0 Å². The summed E-state index contributed by atoms with van der Waals surface area (Å²) in [7, 11) is 1.33. The van der Waals surface area contributed by atoms with Gasteiger partial charge < -0.3 is 9.84 Å². The van der Waals surface area contributed by atoms with Crippen LogP contribution >= 0.6 is 0 Å². The fourth-order valence-corrected chi connectivity index (χ4v) is 2.49. The first-order valence-corrected chi connectivity index (χ1v) is 6.15. The normalized spacial score (nSPS) is 18.3. The Hall–Kier alpha value is -1.10. The van der Waals surface area contributed by atoms with Crippen LogP contribution in [0.5, 0.6) is 0 Å². The number of carbonyl (C=O) groups is 2. The van der Waals surface area contributed by atoms with E-state index in [0.717, 1.165) is 25.7 Å². The quantitative estimate of drug-likeness (QED) is 0.711. The lowest BCUT2D eigenvalue weighted by atomic mass is 10.1. The third-order valence-electron chi connectivity index (χ3n) is 3.41. The van der Waals surface area contributed by atoms with Crippen molar-refractivity contribution in [2.24, 2.45) is 0 Å². The van der Waals surface area contributed by atoms with Crippen molar-refractivity contribution >= 4 is 11.9 Å². The molecular formula is C12H21NO4. The molecule has 0 aliphatic heterocycles. The lowest BCUT2D eigenvalue weighted by Crippen LogP contribution is -2.48. The van der Waals surface area contributed by atoms with E-state index < -0.39 is 12.0 Å². The Balaban J connectivity index is 2.75. The first kappa shape index (κ1) is 14.0. The zero-order chi connectivity index (χ0) is 12.8. The summed E-state index contributed by atoms with van der Waals surface area (Å²) < 4.78 is 4.64. The van der Waals surface area contributed by atoms with Gasteiger partial charge in [0.05, 0.1) is 13.7 Å². The number of hydrogen-bond donors (Lipinski definition) is 1. The van der Waals surface area contributed by atoms with Gasteiger partial charge in [0, 0.05) is 6.04 Å². The van der Waals surface area contributed by atoms with Gasteiger partial charge in [-0.3, -0.25) is 14.5 Å². The summed E-state index contributed by atoms with van der Waals surface area (Å²) in [5.74, 6) is -1.22. The molecule has 1 aliphatic carbocycles. The highest BCUT2D eigenvalue weighted by Gasteiger charge is 2.33. The van der Waals surface area contributed by atoms with Gasteiger partial charge in [-0.15, -0.1) is 0 Å². The zero-order valence-electron chi connectivity index (χ0n) is 10.5. The second-order valence-corrected chi connectivity index (χ2v) is 4.45. The SMILES string of the molecule is CCC(C(=O)O)N(CC(=O)OC)C1CCCC1. The van der Waals surface area contributed by atoms with Crippen LogP contribution in [0.2, 0.25) is 0 Å². The van der Waals surface area contributed by atoms with Crippen LogP contribution in [-0.2, 0) is 14.3 Å². The van der Waals surface area contributed by atoms with Gasteiger partial charge in [0.25, 0.3) is 0 Å². The van der Waals surface area contributed by atoms with Crippen LogP contribution in [0.15, 0.2) is 0 Å². The van der Waals surface area contributed by atoms with Crippen molar-refractivity contribution in [3.63, 3.8) is 0 Å². The maximum absolute atomic E-state index is 11.4. The lowest BCUT2D eigenvalue weighted by Gasteiger charge is -2.32. The predicted molar refractivity (Wildman–Crippen MR) is 62.7 cm³/mol. The molecular weight excluding hydrogens is 222 g/mol. The van der Waals surface area contributed by atoms with E-state index in [1.807, 2.05) is 6.92 Å². The Kier molecular flexibility index (Phi) is 5.41. The topological polar surface area (TPSA) is 66.8 Å². The van der Waals surface area contributed by atoms with Crippen molar-refractivity contribution in [1.29, 1.82) is 0 Å². The summed E-state index contributed by atoms with van der Waals surface area (Å²) in [6.45, 7) is 1.91. The van der Waals surface area contributed by atoms with Gasteiger partial charge in [-0.05, 0) is 19.3 Å². The third-order valence-corrected chi connectivity index (χ3v) is 3.41. The maximum Gasteiger partial charge on any atom is 0.320 e. The Bertz CT molecular complexity index is 274. The van der Waals surface area contributed by atoms with E-state index in [1.54, 1.807) is 4.90 Å². The number of carbonyl (C=O) groups excluding carboxylic acids is 1. The first-order chi connectivity index (χ1) is 8.10. The van der Waals surface area contributed by atoms with Crippen LogP contribution in [0, 0.1) is 0 Å². The van der Waals surface area contributed by atoms with Gasteiger partial charge in [0.1, 0.15) is 6.04 Å². The fraction of sp³-hybridized carbons (Fsp3) is 0.833. The van der Waals surface area contributed by atoms with Crippen molar-refractivity contribution < 1.29 is 19.4 Å². The average Bonchev–Trinajstić information content (AvgIpc) is 2.81. The molecule has 0 bridgehead atoms. The first-order valence-electron chi connectivity index (χ1n) is 6.15. The van der Waals surface area contributed by atoms with Crippen molar-refractivity contribution in [2.45, 2.75) is 51.1 Å². The number of rotatable bonds is 6. The molecule has 0 radical (unpaired) electrons. The van der Waals surface area contributed by atoms with Gasteiger partial charge in [0.2, 0.25) is 0 Å². The fourth-order valence-electron chi connectivity index (χ4n) is 2.49. The molecule has 1 aliphatic rings. The predicted octanol–water partition coefficient (Wildman–Crippen LogP) is 1.27. The van der Waals surface area contributed by atoms with Gasteiger partial charge in [-0.1, -0.05) is 19.8 Å². The van der Waals surface area contributed by atoms with Crippen LogP contribution < -0.4 is 0 Å². The highest BCUT2D eigenvalue weighted by Crippen LogP contribution is 2.26. The molecule has 1 fully saturated rings. The van der Waals surface area contributed by atoms with E-state index in [2.05, 4.69) is 4.74 Å². The van der Waals surface area contributed by atoms with Gasteiger partial charge in [-0.25, -0.2) is 0 Å². The zero-order valence-corrected chi connectivity index (χ0v) is 10.5. The minimum Gasteiger partial charge on any atom is -0.480 e. The minimum atomic E-state index is -0.858. The van der Waals surface area contributed by atoms with Gasteiger partial charge in [0.15, 0.2) is 0 Å². The van der Waals surface area contributed by atoms with Crippen LogP contribution in [0.25, 0.3) is 0 Å². The Morgan fingerprint density at radius 3 is 2.41 bits per heavy atom. The Morgan fingerprint density at radius 1 is 1.41 bits per heavy atom. The van der Waals surface area contributed by atoms with Crippen LogP contribution in [0.1, 0.15) is 39.0 Å². The summed E-state index contributed by atoms with van der Waals surface area (Å²) in [5.41, 5.74) is 0. The minimum absolute atomic E-state index is 0.0754.